The van der Waals surface area contributed by atoms with Crippen LogP contribution in [0.1, 0.15) is 0 Å². The summed E-state index contributed by atoms with van der Waals surface area (Å²) in [4.78, 5) is 4.46. The van der Waals surface area contributed by atoms with E-state index in [0.717, 1.165) is 36.5 Å². The van der Waals surface area contributed by atoms with Crippen LogP contribution >= 0.6 is 15.9 Å². The van der Waals surface area contributed by atoms with Crippen LogP contribution < -0.4 is 4.74 Å². The van der Waals surface area contributed by atoms with Crippen LogP contribution in [0, 0.1) is 0 Å². The molecule has 0 heterocycles. The first kappa shape index (κ1) is 14.5. The Morgan fingerprint density at radius 3 is 2.53 bits per heavy atom. The van der Waals surface area contributed by atoms with E-state index in [4.69, 9.17) is 4.74 Å². The first-order valence-electron chi connectivity index (χ1n) is 5.79. The number of rotatable bonds is 7. The number of ether oxygens (including phenoxy) is 1. The van der Waals surface area contributed by atoms with Crippen molar-refractivity contribution in [3.05, 3.63) is 28.7 Å². The van der Waals surface area contributed by atoms with E-state index in [2.05, 4.69) is 46.9 Å². The van der Waals surface area contributed by atoms with Crippen molar-refractivity contribution in [2.75, 3.05) is 47.4 Å². The van der Waals surface area contributed by atoms with Gasteiger partial charge in [-0.3, -0.25) is 0 Å². The van der Waals surface area contributed by atoms with Crippen molar-refractivity contribution in [1.82, 2.24) is 9.80 Å². The molecule has 96 valence electrons. The maximum Gasteiger partial charge on any atom is 0.120 e. The molecule has 0 aromatic heterocycles. The Balaban J connectivity index is 2.19. The average Bonchev–Trinajstić information content (AvgIpc) is 2.26. The second-order valence-electron chi connectivity index (χ2n) is 4.41. The molecule has 0 radical (unpaired) electrons. The fourth-order valence-corrected chi connectivity index (χ4v) is 1.74. The lowest BCUT2D eigenvalue weighted by Crippen LogP contribution is -2.31. The minimum Gasteiger partial charge on any atom is -0.492 e. The average molecular weight is 301 g/mol. The van der Waals surface area contributed by atoms with E-state index in [-0.39, 0.29) is 0 Å². The third-order valence-corrected chi connectivity index (χ3v) is 2.96. The van der Waals surface area contributed by atoms with Crippen LogP contribution in [0.4, 0.5) is 0 Å². The fourth-order valence-electron chi connectivity index (χ4n) is 1.36. The standard InChI is InChI=1S/C13H21BrN2O/c1-15(2)7-8-16(3)9-10-17-13-6-4-5-12(14)11-13/h4-6,11H,7-10H2,1-3H3. The summed E-state index contributed by atoms with van der Waals surface area (Å²) in [6.07, 6.45) is 0. The maximum absolute atomic E-state index is 5.68. The Hall–Kier alpha value is -0.580. The van der Waals surface area contributed by atoms with Gasteiger partial charge in [-0.25, -0.2) is 0 Å². The van der Waals surface area contributed by atoms with E-state index in [1.54, 1.807) is 0 Å². The lowest BCUT2D eigenvalue weighted by atomic mass is 10.3. The van der Waals surface area contributed by atoms with E-state index < -0.39 is 0 Å². The molecule has 0 N–H and O–H groups in total. The molecule has 0 spiro atoms. The molecule has 17 heavy (non-hydrogen) atoms. The number of likely N-dealkylation sites (N-methyl/N-ethyl adjacent to an activating group) is 2. The predicted octanol–water partition coefficient (Wildman–Crippen LogP) is 2.32. The van der Waals surface area contributed by atoms with Gasteiger partial charge >= 0.3 is 0 Å². The van der Waals surface area contributed by atoms with Gasteiger partial charge in [0.05, 0.1) is 0 Å². The lowest BCUT2D eigenvalue weighted by molar-refractivity contribution is 0.222. The third-order valence-electron chi connectivity index (χ3n) is 2.47. The summed E-state index contributed by atoms with van der Waals surface area (Å²) in [7, 11) is 6.30. The molecule has 0 aliphatic carbocycles. The van der Waals surface area contributed by atoms with Crippen molar-refractivity contribution in [2.45, 2.75) is 0 Å². The molecule has 0 saturated heterocycles. The SMILES string of the molecule is CN(C)CCN(C)CCOc1cccc(Br)c1. The zero-order valence-electron chi connectivity index (χ0n) is 10.8. The van der Waals surface area contributed by atoms with E-state index in [1.165, 1.54) is 0 Å². The molecule has 0 atom stereocenters. The molecule has 0 aliphatic heterocycles. The van der Waals surface area contributed by atoms with E-state index in [0.29, 0.717) is 0 Å². The van der Waals surface area contributed by atoms with Crippen molar-refractivity contribution >= 4 is 15.9 Å². The highest BCUT2D eigenvalue weighted by Crippen LogP contribution is 2.17. The Morgan fingerprint density at radius 1 is 1.12 bits per heavy atom. The predicted molar refractivity (Wildman–Crippen MR) is 75.7 cm³/mol. The van der Waals surface area contributed by atoms with Crippen molar-refractivity contribution in [2.24, 2.45) is 0 Å². The molecule has 1 aromatic carbocycles. The topological polar surface area (TPSA) is 15.7 Å². The monoisotopic (exact) mass is 300 g/mol. The second kappa shape index (κ2) is 7.69. The third kappa shape index (κ3) is 6.66. The molecule has 0 saturated carbocycles. The van der Waals surface area contributed by atoms with E-state index in [1.807, 2.05) is 24.3 Å². The van der Waals surface area contributed by atoms with E-state index >= 15 is 0 Å². The van der Waals surface area contributed by atoms with Crippen molar-refractivity contribution < 1.29 is 4.74 Å². The van der Waals surface area contributed by atoms with Crippen LogP contribution in [0.5, 0.6) is 5.75 Å². The van der Waals surface area contributed by atoms with Gasteiger partial charge in [-0.15, -0.1) is 0 Å². The van der Waals surface area contributed by atoms with Gasteiger partial charge in [0, 0.05) is 24.1 Å². The summed E-state index contributed by atoms with van der Waals surface area (Å²) in [5, 5.41) is 0. The molecule has 0 aliphatic rings. The normalized spacial score (nSPS) is 11.2. The van der Waals surface area contributed by atoms with Crippen LogP contribution in [0.25, 0.3) is 0 Å². The van der Waals surface area contributed by atoms with Gasteiger partial charge in [-0.1, -0.05) is 22.0 Å². The fraction of sp³-hybridized carbons (Fsp3) is 0.538. The van der Waals surface area contributed by atoms with Gasteiger partial charge in [-0.05, 0) is 39.3 Å². The van der Waals surface area contributed by atoms with Crippen LogP contribution in [0.2, 0.25) is 0 Å². The quantitative estimate of drug-likeness (QED) is 0.769. The van der Waals surface area contributed by atoms with Crippen molar-refractivity contribution in [3.63, 3.8) is 0 Å². The molecule has 0 unspecified atom stereocenters. The highest BCUT2D eigenvalue weighted by atomic mass is 79.9. The Kier molecular flexibility index (Phi) is 6.55. The molecule has 0 bridgehead atoms. The Labute approximate surface area is 112 Å². The van der Waals surface area contributed by atoms with Crippen LogP contribution in [-0.2, 0) is 0 Å². The molecule has 3 nitrogen and oxygen atoms in total. The zero-order chi connectivity index (χ0) is 12.7. The molecular formula is C13H21BrN2O. The van der Waals surface area contributed by atoms with Gasteiger partial charge in [0.25, 0.3) is 0 Å². The van der Waals surface area contributed by atoms with Crippen LogP contribution in [0.3, 0.4) is 0 Å². The first-order valence-corrected chi connectivity index (χ1v) is 6.59. The minimum absolute atomic E-state index is 0.723. The molecule has 1 aromatic rings. The minimum atomic E-state index is 0.723. The molecular weight excluding hydrogens is 280 g/mol. The zero-order valence-corrected chi connectivity index (χ0v) is 12.4. The lowest BCUT2D eigenvalue weighted by Gasteiger charge is -2.19. The van der Waals surface area contributed by atoms with Gasteiger partial charge in [-0.2, -0.15) is 0 Å². The van der Waals surface area contributed by atoms with Gasteiger partial charge in [0.15, 0.2) is 0 Å². The number of halogens is 1. The number of hydrogen-bond acceptors (Lipinski definition) is 3. The smallest absolute Gasteiger partial charge is 0.120 e. The highest BCUT2D eigenvalue weighted by molar-refractivity contribution is 9.10. The summed E-state index contributed by atoms with van der Waals surface area (Å²) in [6, 6.07) is 7.94. The molecule has 0 amide bonds. The van der Waals surface area contributed by atoms with E-state index in [9.17, 15) is 0 Å². The molecule has 1 rings (SSSR count). The molecule has 0 fully saturated rings. The Morgan fingerprint density at radius 2 is 1.88 bits per heavy atom. The Bertz CT molecular complexity index is 331. The van der Waals surface area contributed by atoms with Gasteiger partial charge < -0.3 is 14.5 Å². The van der Waals surface area contributed by atoms with Crippen molar-refractivity contribution in [3.8, 4) is 5.75 Å². The van der Waals surface area contributed by atoms with Crippen LogP contribution in [-0.4, -0.2) is 57.2 Å². The summed E-state index contributed by atoms with van der Waals surface area (Å²) in [5.41, 5.74) is 0. The number of nitrogens with zero attached hydrogens (tertiary/aromatic N) is 2. The largest absolute Gasteiger partial charge is 0.492 e. The summed E-state index contributed by atoms with van der Waals surface area (Å²) in [5.74, 6) is 0.917. The number of hydrogen-bond donors (Lipinski definition) is 0. The summed E-state index contributed by atoms with van der Waals surface area (Å²) >= 11 is 3.43. The van der Waals surface area contributed by atoms with Crippen molar-refractivity contribution in [1.29, 1.82) is 0 Å². The summed E-state index contributed by atoms with van der Waals surface area (Å²) in [6.45, 7) is 3.81. The maximum atomic E-state index is 5.68. The van der Waals surface area contributed by atoms with Crippen LogP contribution in [0.15, 0.2) is 28.7 Å². The number of benzene rings is 1. The highest BCUT2D eigenvalue weighted by Gasteiger charge is 2.00. The second-order valence-corrected chi connectivity index (χ2v) is 5.33. The first-order chi connectivity index (χ1) is 8.08. The molecule has 4 heteroatoms. The van der Waals surface area contributed by atoms with Gasteiger partial charge in [0.2, 0.25) is 0 Å². The van der Waals surface area contributed by atoms with Gasteiger partial charge in [0.1, 0.15) is 12.4 Å². The summed E-state index contributed by atoms with van der Waals surface area (Å²) < 4.78 is 6.73.